The first-order chi connectivity index (χ1) is 8.49. The van der Waals surface area contributed by atoms with Crippen molar-refractivity contribution >= 4 is 23.3 Å². The number of anilines is 1. The van der Waals surface area contributed by atoms with E-state index in [1.807, 2.05) is 0 Å². The number of nitrogens with zero attached hydrogens (tertiary/aromatic N) is 2. The zero-order valence-electron chi connectivity index (χ0n) is 10.9. The van der Waals surface area contributed by atoms with Crippen LogP contribution in [0.25, 0.3) is 0 Å². The Bertz CT molecular complexity index is 425. The first kappa shape index (κ1) is 14.7. The first-order valence-electron chi connectivity index (χ1n) is 5.88. The summed E-state index contributed by atoms with van der Waals surface area (Å²) in [5.41, 5.74) is 2.62. The molecule has 0 fully saturated rings. The van der Waals surface area contributed by atoms with Crippen LogP contribution >= 0.6 is 11.6 Å². The molecule has 1 aromatic heterocycles. The smallest absolute Gasteiger partial charge is 0.273 e. The lowest BCUT2D eigenvalue weighted by Crippen LogP contribution is -2.32. The van der Waals surface area contributed by atoms with E-state index < -0.39 is 0 Å². The molecule has 0 spiro atoms. The molecule has 0 bridgehead atoms. The standard InChI is InChI=1S/C12H19ClN4O/c1-4-8(2)7-17(3)12(18)11-9(13)5-6-10(15-11)16-14/h5-6,8H,4,7,14H2,1-3H3,(H,15,16). The van der Waals surface area contributed by atoms with Gasteiger partial charge in [0.25, 0.3) is 5.91 Å². The van der Waals surface area contributed by atoms with E-state index >= 15 is 0 Å². The van der Waals surface area contributed by atoms with E-state index in [-0.39, 0.29) is 11.6 Å². The van der Waals surface area contributed by atoms with Crippen molar-refractivity contribution in [1.82, 2.24) is 9.88 Å². The Balaban J connectivity index is 2.89. The van der Waals surface area contributed by atoms with Gasteiger partial charge in [-0.1, -0.05) is 31.9 Å². The van der Waals surface area contributed by atoms with Crippen LogP contribution in [-0.2, 0) is 0 Å². The molecule has 100 valence electrons. The number of carbonyl (C=O) groups excluding carboxylic acids is 1. The fraction of sp³-hybridized carbons (Fsp3) is 0.500. The van der Waals surface area contributed by atoms with Crippen molar-refractivity contribution in [1.29, 1.82) is 0 Å². The van der Waals surface area contributed by atoms with Crippen LogP contribution < -0.4 is 11.3 Å². The fourth-order valence-corrected chi connectivity index (χ4v) is 1.72. The Morgan fingerprint density at radius 2 is 2.28 bits per heavy atom. The molecule has 1 aromatic rings. The van der Waals surface area contributed by atoms with Gasteiger partial charge < -0.3 is 10.3 Å². The average molecular weight is 271 g/mol. The van der Waals surface area contributed by atoms with Crippen LogP contribution in [-0.4, -0.2) is 29.4 Å². The van der Waals surface area contributed by atoms with E-state index in [0.717, 1.165) is 6.42 Å². The second-order valence-corrected chi connectivity index (χ2v) is 4.78. The summed E-state index contributed by atoms with van der Waals surface area (Å²) in [6.45, 7) is 4.86. The Morgan fingerprint density at radius 3 is 2.83 bits per heavy atom. The van der Waals surface area contributed by atoms with Crippen LogP contribution in [0.3, 0.4) is 0 Å². The number of hydrogen-bond acceptors (Lipinski definition) is 4. The molecule has 0 aliphatic rings. The molecule has 1 heterocycles. The highest BCUT2D eigenvalue weighted by atomic mass is 35.5. The molecule has 0 radical (unpaired) electrons. The number of nitrogens with one attached hydrogen (secondary N) is 1. The molecule has 1 rings (SSSR count). The number of pyridine rings is 1. The topological polar surface area (TPSA) is 71.2 Å². The minimum atomic E-state index is -0.197. The molecule has 6 heteroatoms. The molecule has 18 heavy (non-hydrogen) atoms. The normalized spacial score (nSPS) is 12.1. The van der Waals surface area contributed by atoms with Gasteiger partial charge in [-0.3, -0.25) is 4.79 Å². The maximum atomic E-state index is 12.2. The highest BCUT2D eigenvalue weighted by Crippen LogP contribution is 2.18. The highest BCUT2D eigenvalue weighted by Gasteiger charge is 2.18. The van der Waals surface area contributed by atoms with Gasteiger partial charge in [0.15, 0.2) is 0 Å². The maximum Gasteiger partial charge on any atom is 0.273 e. The molecule has 1 unspecified atom stereocenters. The number of nitrogen functional groups attached to an aromatic ring is 1. The van der Waals surface area contributed by atoms with E-state index in [0.29, 0.717) is 23.3 Å². The van der Waals surface area contributed by atoms with Gasteiger partial charge in [-0.15, -0.1) is 0 Å². The first-order valence-corrected chi connectivity index (χ1v) is 6.26. The van der Waals surface area contributed by atoms with Gasteiger partial charge >= 0.3 is 0 Å². The lowest BCUT2D eigenvalue weighted by Gasteiger charge is -2.21. The van der Waals surface area contributed by atoms with Gasteiger partial charge in [-0.05, 0) is 18.1 Å². The lowest BCUT2D eigenvalue weighted by molar-refractivity contribution is 0.0769. The third-order valence-corrected chi connectivity index (χ3v) is 3.13. The summed E-state index contributed by atoms with van der Waals surface area (Å²) in [5, 5.41) is 0.329. The number of aromatic nitrogens is 1. The Hall–Kier alpha value is -1.33. The number of nitrogens with two attached hydrogens (primary N) is 1. The molecule has 1 atom stereocenters. The molecular weight excluding hydrogens is 252 g/mol. The largest absolute Gasteiger partial charge is 0.340 e. The van der Waals surface area contributed by atoms with E-state index in [1.54, 1.807) is 24.1 Å². The van der Waals surface area contributed by atoms with Crippen molar-refractivity contribution in [3.8, 4) is 0 Å². The van der Waals surface area contributed by atoms with Gasteiger partial charge in [0.1, 0.15) is 11.5 Å². The van der Waals surface area contributed by atoms with Gasteiger partial charge in [-0.2, -0.15) is 0 Å². The Labute approximate surface area is 112 Å². The zero-order chi connectivity index (χ0) is 13.7. The van der Waals surface area contributed by atoms with Crippen molar-refractivity contribution in [3.63, 3.8) is 0 Å². The summed E-state index contributed by atoms with van der Waals surface area (Å²) in [4.78, 5) is 17.9. The Morgan fingerprint density at radius 1 is 1.61 bits per heavy atom. The van der Waals surface area contributed by atoms with Gasteiger partial charge in [0.05, 0.1) is 5.02 Å². The predicted octanol–water partition coefficient (Wildman–Crippen LogP) is 2.14. The average Bonchev–Trinajstić information content (AvgIpc) is 2.38. The number of hydrazine groups is 1. The molecule has 5 nitrogen and oxygen atoms in total. The van der Waals surface area contributed by atoms with E-state index in [9.17, 15) is 4.79 Å². The van der Waals surface area contributed by atoms with Crippen LogP contribution in [0.1, 0.15) is 30.8 Å². The summed E-state index contributed by atoms with van der Waals surface area (Å²) >= 11 is 5.98. The molecule has 0 saturated heterocycles. The molecule has 1 amide bonds. The van der Waals surface area contributed by atoms with Crippen LogP contribution in [0.15, 0.2) is 12.1 Å². The lowest BCUT2D eigenvalue weighted by atomic mass is 10.1. The van der Waals surface area contributed by atoms with Crippen molar-refractivity contribution in [2.45, 2.75) is 20.3 Å². The number of amides is 1. The fourth-order valence-electron chi connectivity index (χ4n) is 1.53. The summed E-state index contributed by atoms with van der Waals surface area (Å²) in [6, 6.07) is 3.22. The minimum absolute atomic E-state index is 0.197. The minimum Gasteiger partial charge on any atom is -0.340 e. The van der Waals surface area contributed by atoms with Crippen LogP contribution in [0.4, 0.5) is 5.82 Å². The van der Waals surface area contributed by atoms with Gasteiger partial charge in [-0.25, -0.2) is 10.8 Å². The SMILES string of the molecule is CCC(C)CN(C)C(=O)c1nc(NN)ccc1Cl. The third kappa shape index (κ3) is 3.58. The number of rotatable bonds is 5. The molecule has 0 aromatic carbocycles. The second-order valence-electron chi connectivity index (χ2n) is 4.37. The van der Waals surface area contributed by atoms with Crippen LogP contribution in [0, 0.1) is 5.92 Å². The number of carbonyl (C=O) groups is 1. The molecular formula is C12H19ClN4O. The van der Waals surface area contributed by atoms with Gasteiger partial charge in [0.2, 0.25) is 0 Å². The summed E-state index contributed by atoms with van der Waals surface area (Å²) < 4.78 is 0. The van der Waals surface area contributed by atoms with Crippen molar-refractivity contribution in [2.24, 2.45) is 11.8 Å². The predicted molar refractivity (Wildman–Crippen MR) is 73.5 cm³/mol. The molecule has 0 aliphatic heterocycles. The zero-order valence-corrected chi connectivity index (χ0v) is 11.7. The maximum absolute atomic E-state index is 12.2. The highest BCUT2D eigenvalue weighted by molar-refractivity contribution is 6.33. The third-order valence-electron chi connectivity index (χ3n) is 2.83. The van der Waals surface area contributed by atoms with Crippen LogP contribution in [0.5, 0.6) is 0 Å². The summed E-state index contributed by atoms with van der Waals surface area (Å²) in [5.74, 6) is 5.92. The second kappa shape index (κ2) is 6.56. The van der Waals surface area contributed by atoms with E-state index in [1.165, 1.54) is 0 Å². The Kier molecular flexibility index (Phi) is 5.37. The van der Waals surface area contributed by atoms with Crippen molar-refractivity contribution < 1.29 is 4.79 Å². The monoisotopic (exact) mass is 270 g/mol. The summed E-state index contributed by atoms with van der Waals surface area (Å²) in [6.07, 6.45) is 1.02. The number of hydrogen-bond donors (Lipinski definition) is 2. The molecule has 0 aliphatic carbocycles. The quantitative estimate of drug-likeness (QED) is 0.635. The molecule has 3 N–H and O–H groups in total. The van der Waals surface area contributed by atoms with Gasteiger partial charge in [0, 0.05) is 13.6 Å². The number of halogens is 1. The van der Waals surface area contributed by atoms with Crippen molar-refractivity contribution in [3.05, 3.63) is 22.8 Å². The van der Waals surface area contributed by atoms with Crippen molar-refractivity contribution in [2.75, 3.05) is 19.0 Å². The van der Waals surface area contributed by atoms with E-state index in [4.69, 9.17) is 17.4 Å². The molecule has 0 saturated carbocycles. The van der Waals surface area contributed by atoms with Crippen LogP contribution in [0.2, 0.25) is 5.02 Å². The van der Waals surface area contributed by atoms with E-state index in [2.05, 4.69) is 24.3 Å². The summed E-state index contributed by atoms with van der Waals surface area (Å²) in [7, 11) is 1.75.